The number of nitrogens with one attached hydrogen (secondary N) is 2. The topological polar surface area (TPSA) is 117 Å². The number of hydrogen-bond donors (Lipinski definition) is 3. The molecule has 9 nitrogen and oxygen atoms in total. The molecule has 30 heavy (non-hydrogen) atoms. The van der Waals surface area contributed by atoms with E-state index in [0.717, 1.165) is 11.1 Å². The fourth-order valence-electron chi connectivity index (χ4n) is 3.11. The van der Waals surface area contributed by atoms with E-state index in [2.05, 4.69) is 10.6 Å². The Labute approximate surface area is 178 Å². The third kappa shape index (κ3) is 4.84. The zero-order valence-electron chi connectivity index (χ0n) is 16.6. The Hall–Kier alpha value is -3.24. The summed E-state index contributed by atoms with van der Waals surface area (Å²) >= 11 is 5.15. The summed E-state index contributed by atoms with van der Waals surface area (Å²) in [5, 5.41) is 26.8. The van der Waals surface area contributed by atoms with Gasteiger partial charge in [-0.15, -0.1) is 0 Å². The number of hydrogen-bond acceptors (Lipinski definition) is 7. The number of anilines is 2. The van der Waals surface area contributed by atoms with Crippen LogP contribution in [0.2, 0.25) is 0 Å². The molecule has 1 saturated heterocycles. The molecule has 0 spiro atoms. The Morgan fingerprint density at radius 1 is 1.20 bits per heavy atom. The van der Waals surface area contributed by atoms with Gasteiger partial charge in [-0.05, 0) is 61.5 Å². The quantitative estimate of drug-likeness (QED) is 0.293. The predicted octanol–water partition coefficient (Wildman–Crippen LogP) is 2.88. The van der Waals surface area contributed by atoms with Crippen molar-refractivity contribution in [2.24, 2.45) is 0 Å². The number of nitro benzene ring substituents is 1. The van der Waals surface area contributed by atoms with Crippen molar-refractivity contribution >= 4 is 40.3 Å². The summed E-state index contributed by atoms with van der Waals surface area (Å²) in [5.74, 6) is -0.590. The van der Waals surface area contributed by atoms with E-state index in [1.54, 1.807) is 18.2 Å². The molecule has 0 aromatic heterocycles. The van der Waals surface area contributed by atoms with Crippen LogP contribution in [0.1, 0.15) is 21.5 Å². The van der Waals surface area contributed by atoms with Crippen LogP contribution < -0.4 is 15.5 Å². The van der Waals surface area contributed by atoms with Crippen LogP contribution in [0.5, 0.6) is 5.75 Å². The lowest BCUT2D eigenvalue weighted by atomic mass is 10.1. The van der Waals surface area contributed by atoms with Gasteiger partial charge in [-0.3, -0.25) is 20.2 Å². The third-order valence-electron chi connectivity index (χ3n) is 4.87. The van der Waals surface area contributed by atoms with Gasteiger partial charge >= 0.3 is 0 Å². The number of nitrogens with zero attached hydrogens (tertiary/aromatic N) is 2. The average molecular weight is 430 g/mol. The molecule has 2 aromatic rings. The van der Waals surface area contributed by atoms with Gasteiger partial charge < -0.3 is 20.1 Å². The number of benzene rings is 2. The number of carbonyl (C=O) groups is 1. The van der Waals surface area contributed by atoms with Gasteiger partial charge in [-0.25, -0.2) is 0 Å². The van der Waals surface area contributed by atoms with Crippen LogP contribution in [0, 0.1) is 24.0 Å². The summed E-state index contributed by atoms with van der Waals surface area (Å²) in [4.78, 5) is 25.5. The van der Waals surface area contributed by atoms with Gasteiger partial charge in [0.15, 0.2) is 5.11 Å². The number of aromatic hydroxyl groups is 1. The third-order valence-corrected chi connectivity index (χ3v) is 5.08. The van der Waals surface area contributed by atoms with Crippen molar-refractivity contribution in [2.75, 3.05) is 36.5 Å². The summed E-state index contributed by atoms with van der Waals surface area (Å²) in [5.41, 5.74) is 2.61. The summed E-state index contributed by atoms with van der Waals surface area (Å²) < 4.78 is 5.28. The normalized spacial score (nSPS) is 13.6. The van der Waals surface area contributed by atoms with Crippen molar-refractivity contribution in [1.29, 1.82) is 0 Å². The zero-order chi connectivity index (χ0) is 21.8. The van der Waals surface area contributed by atoms with E-state index < -0.39 is 10.8 Å². The number of aryl methyl sites for hydroxylation is 2. The van der Waals surface area contributed by atoms with Crippen molar-refractivity contribution in [3.05, 3.63) is 57.1 Å². The predicted molar refractivity (Wildman–Crippen MR) is 117 cm³/mol. The molecule has 158 valence electrons. The van der Waals surface area contributed by atoms with Gasteiger partial charge in [-0.1, -0.05) is 0 Å². The van der Waals surface area contributed by atoms with E-state index in [1.807, 2.05) is 18.7 Å². The van der Waals surface area contributed by atoms with Crippen LogP contribution in [0.4, 0.5) is 17.1 Å². The van der Waals surface area contributed by atoms with Crippen LogP contribution in [0.15, 0.2) is 30.3 Å². The smallest absolute Gasteiger partial charge is 0.293 e. The first-order valence-electron chi connectivity index (χ1n) is 9.30. The Morgan fingerprint density at radius 2 is 1.87 bits per heavy atom. The van der Waals surface area contributed by atoms with Gasteiger partial charge in [0.2, 0.25) is 0 Å². The number of amides is 1. The fourth-order valence-corrected chi connectivity index (χ4v) is 3.32. The summed E-state index contributed by atoms with van der Waals surface area (Å²) in [7, 11) is 0. The lowest BCUT2D eigenvalue weighted by Crippen LogP contribution is -2.37. The molecule has 3 rings (SSSR count). The molecule has 1 aliphatic heterocycles. The monoisotopic (exact) mass is 430 g/mol. The summed E-state index contributed by atoms with van der Waals surface area (Å²) in [6.07, 6.45) is 0. The largest absolute Gasteiger partial charge is 0.506 e. The van der Waals surface area contributed by atoms with Gasteiger partial charge in [-0.2, -0.15) is 0 Å². The number of carbonyl (C=O) groups excluding carboxylic acids is 1. The Bertz CT molecular complexity index is 1000. The van der Waals surface area contributed by atoms with Crippen molar-refractivity contribution in [1.82, 2.24) is 5.32 Å². The highest BCUT2D eigenvalue weighted by Gasteiger charge is 2.23. The van der Waals surface area contributed by atoms with E-state index in [9.17, 15) is 20.0 Å². The van der Waals surface area contributed by atoms with Crippen molar-refractivity contribution in [3.8, 4) is 5.75 Å². The van der Waals surface area contributed by atoms with Crippen molar-refractivity contribution in [3.63, 3.8) is 0 Å². The van der Waals surface area contributed by atoms with Gasteiger partial charge in [0.25, 0.3) is 11.6 Å². The highest BCUT2D eigenvalue weighted by molar-refractivity contribution is 7.80. The molecule has 10 heteroatoms. The van der Waals surface area contributed by atoms with E-state index in [-0.39, 0.29) is 22.1 Å². The van der Waals surface area contributed by atoms with Gasteiger partial charge in [0.1, 0.15) is 11.4 Å². The molecule has 0 bridgehead atoms. The minimum Gasteiger partial charge on any atom is -0.506 e. The fraction of sp³-hybridized carbons (Fsp3) is 0.300. The molecule has 1 heterocycles. The molecular weight excluding hydrogens is 408 g/mol. The molecule has 1 aliphatic rings. The maximum Gasteiger partial charge on any atom is 0.293 e. The standard InChI is InChI=1S/C20H22N4O5S/c1-12-9-15(18(25)10-13(12)2)21-20(30)22-19(26)14-3-4-16(17(11-14)24(27)28)23-5-7-29-8-6-23/h3-4,9-11,25H,5-8H2,1-2H3,(H2,21,22,26,30). The lowest BCUT2D eigenvalue weighted by molar-refractivity contribution is -0.384. The van der Waals surface area contributed by atoms with E-state index in [1.165, 1.54) is 12.1 Å². The molecule has 0 atom stereocenters. The van der Waals surface area contributed by atoms with E-state index >= 15 is 0 Å². The minimum absolute atomic E-state index is 0.000186. The number of phenols is 1. The van der Waals surface area contributed by atoms with Crippen LogP contribution >= 0.6 is 12.2 Å². The molecule has 0 unspecified atom stereocenters. The lowest BCUT2D eigenvalue weighted by Gasteiger charge is -2.28. The first kappa shape index (κ1) is 21.5. The molecule has 1 fully saturated rings. The molecule has 2 aromatic carbocycles. The van der Waals surface area contributed by atoms with Crippen LogP contribution in [-0.2, 0) is 4.74 Å². The van der Waals surface area contributed by atoms with Crippen LogP contribution in [-0.4, -0.2) is 47.4 Å². The second-order valence-corrected chi connectivity index (χ2v) is 7.33. The van der Waals surface area contributed by atoms with Crippen LogP contribution in [0.25, 0.3) is 0 Å². The molecule has 1 amide bonds. The van der Waals surface area contributed by atoms with Gasteiger partial charge in [0, 0.05) is 24.7 Å². The number of morpholine rings is 1. The first-order valence-corrected chi connectivity index (χ1v) is 9.71. The second-order valence-electron chi connectivity index (χ2n) is 6.92. The Morgan fingerprint density at radius 3 is 2.53 bits per heavy atom. The highest BCUT2D eigenvalue weighted by atomic mass is 32.1. The highest BCUT2D eigenvalue weighted by Crippen LogP contribution is 2.30. The summed E-state index contributed by atoms with van der Waals surface area (Å²) in [6.45, 7) is 5.82. The molecular formula is C20H22N4O5S. The van der Waals surface area contributed by atoms with E-state index in [4.69, 9.17) is 17.0 Å². The zero-order valence-corrected chi connectivity index (χ0v) is 17.4. The summed E-state index contributed by atoms with van der Waals surface area (Å²) in [6, 6.07) is 7.62. The number of nitro groups is 1. The number of ether oxygens (including phenoxy) is 1. The molecule has 0 saturated carbocycles. The van der Waals surface area contributed by atoms with Crippen molar-refractivity contribution in [2.45, 2.75) is 13.8 Å². The average Bonchev–Trinajstić information content (AvgIpc) is 2.72. The van der Waals surface area contributed by atoms with Crippen LogP contribution in [0.3, 0.4) is 0 Å². The van der Waals surface area contributed by atoms with E-state index in [0.29, 0.717) is 37.7 Å². The Balaban J connectivity index is 1.74. The maximum atomic E-state index is 12.6. The second kappa shape index (κ2) is 9.06. The molecule has 0 aliphatic carbocycles. The molecule has 3 N–H and O–H groups in total. The minimum atomic E-state index is -0.590. The maximum absolute atomic E-state index is 12.6. The molecule has 0 radical (unpaired) electrons. The first-order chi connectivity index (χ1) is 14.3. The number of thiocarbonyl (C=S) groups is 1. The SMILES string of the molecule is Cc1cc(O)c(NC(=S)NC(=O)c2ccc(N3CCOCC3)c([N+](=O)[O-])c2)cc1C. The number of phenolic OH excluding ortho intramolecular Hbond substituents is 1. The number of rotatable bonds is 4. The Kier molecular flexibility index (Phi) is 6.48. The van der Waals surface area contributed by atoms with Gasteiger partial charge in [0.05, 0.1) is 23.8 Å². The van der Waals surface area contributed by atoms with Crippen molar-refractivity contribution < 1.29 is 19.6 Å².